The molecule has 0 radical (unpaired) electrons. The minimum atomic E-state index is -4.36. The highest BCUT2D eigenvalue weighted by Crippen LogP contribution is 2.37. The molecular formula is C23H26F3N5O. The number of carbonyl (C=O) groups is 1. The van der Waals surface area contributed by atoms with Crippen LogP contribution in [0.1, 0.15) is 31.2 Å². The van der Waals surface area contributed by atoms with Crippen LogP contribution in [0.15, 0.2) is 30.5 Å². The highest BCUT2D eigenvalue weighted by Gasteiger charge is 2.45. The number of alkyl halides is 3. The molecule has 1 amide bonds. The van der Waals surface area contributed by atoms with Crippen LogP contribution in [-0.4, -0.2) is 49.3 Å². The summed E-state index contributed by atoms with van der Waals surface area (Å²) in [6.07, 6.45) is -0.787. The predicted octanol–water partition coefficient (Wildman–Crippen LogP) is 3.37. The molecule has 2 atom stereocenters. The number of pyridine rings is 1. The van der Waals surface area contributed by atoms with E-state index in [1.807, 2.05) is 0 Å². The number of anilines is 1. The second-order valence-corrected chi connectivity index (χ2v) is 8.68. The van der Waals surface area contributed by atoms with Crippen LogP contribution in [0.3, 0.4) is 0 Å². The van der Waals surface area contributed by atoms with Crippen LogP contribution < -0.4 is 15.5 Å². The van der Waals surface area contributed by atoms with Gasteiger partial charge in [0, 0.05) is 42.8 Å². The summed E-state index contributed by atoms with van der Waals surface area (Å²) in [5.74, 6) is -1.47. The number of amides is 1. The summed E-state index contributed by atoms with van der Waals surface area (Å²) in [5, 5.41) is 16.1. The van der Waals surface area contributed by atoms with Gasteiger partial charge < -0.3 is 15.5 Å². The summed E-state index contributed by atoms with van der Waals surface area (Å²) in [6.45, 7) is 1.82. The maximum Gasteiger partial charge on any atom is 0.393 e. The van der Waals surface area contributed by atoms with Crippen molar-refractivity contribution < 1.29 is 18.0 Å². The van der Waals surface area contributed by atoms with Gasteiger partial charge in [0.1, 0.15) is 6.07 Å². The van der Waals surface area contributed by atoms with Crippen molar-refractivity contribution in [3.8, 4) is 6.07 Å². The molecule has 2 aliphatic heterocycles. The lowest BCUT2D eigenvalue weighted by molar-refractivity contribution is -0.178. The molecule has 0 unspecified atom stereocenters. The maximum absolute atomic E-state index is 13.7. The van der Waals surface area contributed by atoms with Crippen LogP contribution >= 0.6 is 0 Å². The number of nitrogens with zero attached hydrogens (tertiary/aromatic N) is 3. The molecule has 9 heteroatoms. The second-order valence-electron chi connectivity index (χ2n) is 8.68. The molecule has 3 heterocycles. The van der Waals surface area contributed by atoms with E-state index in [9.17, 15) is 23.2 Å². The van der Waals surface area contributed by atoms with Crippen molar-refractivity contribution in [2.24, 2.45) is 11.8 Å². The van der Waals surface area contributed by atoms with E-state index < -0.39 is 18.1 Å². The Morgan fingerprint density at radius 1 is 1.25 bits per heavy atom. The first-order chi connectivity index (χ1) is 15.3. The molecular weight excluding hydrogens is 419 g/mol. The molecule has 6 nitrogen and oxygen atoms in total. The van der Waals surface area contributed by atoms with Gasteiger partial charge in [-0.2, -0.15) is 18.4 Å². The zero-order valence-corrected chi connectivity index (χ0v) is 17.7. The van der Waals surface area contributed by atoms with Gasteiger partial charge in [0.25, 0.3) is 0 Å². The third kappa shape index (κ3) is 4.96. The van der Waals surface area contributed by atoms with E-state index in [2.05, 4.69) is 21.7 Å². The number of hydrogen-bond acceptors (Lipinski definition) is 5. The molecule has 170 valence electrons. The fourth-order valence-electron chi connectivity index (χ4n) is 4.80. The lowest BCUT2D eigenvalue weighted by atomic mass is 9.91. The average molecular weight is 445 g/mol. The lowest BCUT2D eigenvalue weighted by Crippen LogP contribution is -2.54. The molecule has 2 N–H and O–H groups in total. The van der Waals surface area contributed by atoms with Gasteiger partial charge in [-0.05, 0) is 62.5 Å². The third-order valence-electron chi connectivity index (χ3n) is 6.42. The van der Waals surface area contributed by atoms with Crippen LogP contribution in [0, 0.1) is 23.2 Å². The zero-order valence-electron chi connectivity index (χ0n) is 17.7. The zero-order chi connectivity index (χ0) is 22.7. The van der Waals surface area contributed by atoms with Crippen molar-refractivity contribution >= 4 is 22.5 Å². The molecule has 2 aliphatic rings. The summed E-state index contributed by atoms with van der Waals surface area (Å²) in [5.41, 5.74) is 1.44. The summed E-state index contributed by atoms with van der Waals surface area (Å²) in [6, 6.07) is 8.21. The van der Waals surface area contributed by atoms with Crippen molar-refractivity contribution in [3.63, 3.8) is 0 Å². The van der Waals surface area contributed by atoms with Gasteiger partial charge in [0.2, 0.25) is 5.91 Å². The molecule has 0 saturated carbocycles. The normalized spacial score (nSPS) is 22.5. The number of carbonyl (C=O) groups excluding carboxylic acids is 1. The minimum absolute atomic E-state index is 0.135. The van der Waals surface area contributed by atoms with Crippen LogP contribution in [0.4, 0.5) is 18.9 Å². The van der Waals surface area contributed by atoms with Crippen molar-refractivity contribution in [2.75, 3.05) is 31.1 Å². The highest BCUT2D eigenvalue weighted by atomic mass is 19.4. The monoisotopic (exact) mass is 445 g/mol. The number of fused-ring (bicyclic) bond motifs is 1. The van der Waals surface area contributed by atoms with Gasteiger partial charge in [-0.1, -0.05) is 0 Å². The van der Waals surface area contributed by atoms with Gasteiger partial charge in [-0.3, -0.25) is 9.78 Å². The Morgan fingerprint density at radius 2 is 2.03 bits per heavy atom. The standard InChI is InChI=1S/C23H26F3N5O/c24-23(25,26)17-11-18(30-21(32)10-15-5-8-28-9-6-15)14-31(13-17)20-4-3-16(12-27)22-19(20)2-1-7-29-22/h1-4,7,15,17-18,28H,5-6,8-11,13-14H2,(H,30,32)/t17-,18+/m0/s1. The second kappa shape index (κ2) is 9.33. The SMILES string of the molecule is N#Cc1ccc(N2C[C@H](NC(=O)CC3CCNCC3)C[C@H](C(F)(F)F)C2)c2cccnc12. The summed E-state index contributed by atoms with van der Waals surface area (Å²) >= 11 is 0. The molecule has 0 aliphatic carbocycles. The first kappa shape index (κ1) is 22.3. The number of halogens is 3. The molecule has 4 rings (SSSR count). The van der Waals surface area contributed by atoms with Crippen molar-refractivity contribution in [3.05, 3.63) is 36.0 Å². The van der Waals surface area contributed by atoms with Crippen LogP contribution in [0.25, 0.3) is 10.9 Å². The van der Waals surface area contributed by atoms with Gasteiger partial charge in [0.15, 0.2) is 0 Å². The van der Waals surface area contributed by atoms with E-state index in [1.165, 1.54) is 0 Å². The number of aromatic nitrogens is 1. The highest BCUT2D eigenvalue weighted by molar-refractivity contribution is 5.95. The minimum Gasteiger partial charge on any atom is -0.368 e. The molecule has 2 saturated heterocycles. The molecule has 0 bridgehead atoms. The van der Waals surface area contributed by atoms with E-state index >= 15 is 0 Å². The molecule has 2 aromatic rings. The smallest absolute Gasteiger partial charge is 0.368 e. The van der Waals surface area contributed by atoms with Crippen molar-refractivity contribution in [2.45, 2.75) is 37.9 Å². The number of nitriles is 1. The first-order valence-electron chi connectivity index (χ1n) is 10.9. The number of piperidine rings is 2. The Bertz CT molecular complexity index is 1010. The van der Waals surface area contributed by atoms with Crippen LogP contribution in [0.5, 0.6) is 0 Å². The average Bonchev–Trinajstić information content (AvgIpc) is 2.78. The van der Waals surface area contributed by atoms with Crippen molar-refractivity contribution in [1.82, 2.24) is 15.6 Å². The van der Waals surface area contributed by atoms with Gasteiger partial charge in [-0.25, -0.2) is 0 Å². The summed E-state index contributed by atoms with van der Waals surface area (Å²) in [7, 11) is 0. The van der Waals surface area contributed by atoms with E-state index in [-0.39, 0.29) is 31.3 Å². The van der Waals surface area contributed by atoms with Gasteiger partial charge >= 0.3 is 6.18 Å². The van der Waals surface area contributed by atoms with Crippen molar-refractivity contribution in [1.29, 1.82) is 5.26 Å². The maximum atomic E-state index is 13.7. The first-order valence-corrected chi connectivity index (χ1v) is 10.9. The Labute approximate surface area is 184 Å². The van der Waals surface area contributed by atoms with Crippen LogP contribution in [0.2, 0.25) is 0 Å². The Hall–Kier alpha value is -2.86. The molecule has 1 aromatic carbocycles. The number of hydrogen-bond donors (Lipinski definition) is 2. The van der Waals surface area contributed by atoms with Gasteiger partial charge in [0.05, 0.1) is 17.0 Å². The Balaban J connectivity index is 1.56. The molecule has 2 fully saturated rings. The lowest BCUT2D eigenvalue weighted by Gasteiger charge is -2.40. The third-order valence-corrected chi connectivity index (χ3v) is 6.42. The molecule has 0 spiro atoms. The number of nitrogens with one attached hydrogen (secondary N) is 2. The number of benzene rings is 1. The molecule has 32 heavy (non-hydrogen) atoms. The Kier molecular flexibility index (Phi) is 6.51. The van der Waals surface area contributed by atoms with E-state index in [1.54, 1.807) is 35.4 Å². The topological polar surface area (TPSA) is 81.0 Å². The van der Waals surface area contributed by atoms with Gasteiger partial charge in [-0.15, -0.1) is 0 Å². The van der Waals surface area contributed by atoms with E-state index in [0.29, 0.717) is 28.6 Å². The number of rotatable bonds is 4. The summed E-state index contributed by atoms with van der Waals surface area (Å²) < 4.78 is 41.2. The van der Waals surface area contributed by atoms with E-state index in [0.717, 1.165) is 25.9 Å². The fraction of sp³-hybridized carbons (Fsp3) is 0.522. The summed E-state index contributed by atoms with van der Waals surface area (Å²) in [4.78, 5) is 18.5. The van der Waals surface area contributed by atoms with Crippen LogP contribution in [-0.2, 0) is 4.79 Å². The Morgan fingerprint density at radius 3 is 2.75 bits per heavy atom. The molecule has 1 aromatic heterocycles. The predicted molar refractivity (Wildman–Crippen MR) is 115 cm³/mol. The fourth-order valence-corrected chi connectivity index (χ4v) is 4.80. The quantitative estimate of drug-likeness (QED) is 0.754. The largest absolute Gasteiger partial charge is 0.393 e. The van der Waals surface area contributed by atoms with E-state index in [4.69, 9.17) is 0 Å².